The number of nitrogens with zero attached hydrogens (tertiary/aromatic N) is 1. The third-order valence-corrected chi connectivity index (χ3v) is 3.41. The molecule has 0 aromatic heterocycles. The molecule has 17 heavy (non-hydrogen) atoms. The molecule has 1 aliphatic heterocycles. The average molecular weight is 235 g/mol. The third kappa shape index (κ3) is 3.30. The van der Waals surface area contributed by atoms with Gasteiger partial charge in [0, 0.05) is 6.20 Å². The molecular weight excluding hydrogens is 213 g/mol. The minimum Gasteiger partial charge on any atom is -0.400 e. The highest BCUT2D eigenvalue weighted by atomic mass is 16.7. The first kappa shape index (κ1) is 14.2. The van der Waals surface area contributed by atoms with E-state index >= 15 is 0 Å². The van der Waals surface area contributed by atoms with E-state index in [1.165, 1.54) is 0 Å². The number of hydrogen-bond donors (Lipinski definition) is 0. The topological polar surface area (TPSA) is 30.8 Å². The number of rotatable bonds is 4. The summed E-state index contributed by atoms with van der Waals surface area (Å²) in [6.07, 6.45) is 6.54. The summed E-state index contributed by atoms with van der Waals surface area (Å²) in [5.41, 5.74) is 0.550. The molecule has 1 heterocycles. The molecule has 0 atom stereocenters. The number of allylic oxidation sites excluding steroid dienone is 3. The van der Waals surface area contributed by atoms with Crippen LogP contribution in [-0.4, -0.2) is 25.0 Å². The summed E-state index contributed by atoms with van der Waals surface area (Å²) in [5, 5.41) is 0. The first-order valence-corrected chi connectivity index (χ1v) is 5.93. The van der Waals surface area contributed by atoms with Gasteiger partial charge in [-0.15, -0.1) is 0 Å². The van der Waals surface area contributed by atoms with Gasteiger partial charge >= 0.3 is 7.12 Å². The molecule has 0 aromatic carbocycles. The van der Waals surface area contributed by atoms with Gasteiger partial charge in [-0.3, -0.25) is 4.99 Å². The molecule has 94 valence electrons. The Balaban J connectivity index is 2.64. The van der Waals surface area contributed by atoms with Crippen LogP contribution < -0.4 is 0 Å². The lowest BCUT2D eigenvalue weighted by Crippen LogP contribution is -2.41. The van der Waals surface area contributed by atoms with Gasteiger partial charge in [-0.2, -0.15) is 0 Å². The Morgan fingerprint density at radius 3 is 2.24 bits per heavy atom. The Bertz CT molecular complexity index is 329. The van der Waals surface area contributed by atoms with Crippen molar-refractivity contribution in [2.24, 2.45) is 4.99 Å². The molecule has 0 aromatic rings. The van der Waals surface area contributed by atoms with Crippen LogP contribution in [0.1, 0.15) is 41.0 Å². The van der Waals surface area contributed by atoms with Gasteiger partial charge in [0.25, 0.3) is 0 Å². The lowest BCUT2D eigenvalue weighted by Gasteiger charge is -2.32. The summed E-state index contributed by atoms with van der Waals surface area (Å²) in [6, 6.07) is 0. The van der Waals surface area contributed by atoms with Crippen LogP contribution in [-0.2, 0) is 9.31 Å². The molecule has 0 aliphatic carbocycles. The van der Waals surface area contributed by atoms with Gasteiger partial charge < -0.3 is 9.31 Å². The summed E-state index contributed by atoms with van der Waals surface area (Å²) in [5.74, 6) is 0. The molecule has 1 saturated heterocycles. The van der Waals surface area contributed by atoms with Crippen molar-refractivity contribution >= 4 is 13.8 Å². The van der Waals surface area contributed by atoms with Crippen molar-refractivity contribution in [2.75, 3.05) is 0 Å². The predicted octanol–water partition coefficient (Wildman–Crippen LogP) is 3.17. The van der Waals surface area contributed by atoms with Gasteiger partial charge in [0.05, 0.1) is 11.2 Å². The lowest BCUT2D eigenvalue weighted by molar-refractivity contribution is 0.00578. The second kappa shape index (κ2) is 5.19. The Kier molecular flexibility index (Phi) is 4.34. The van der Waals surface area contributed by atoms with Crippen LogP contribution in [0.2, 0.25) is 0 Å². The normalized spacial score (nSPS) is 23.4. The molecule has 0 unspecified atom stereocenters. The van der Waals surface area contributed by atoms with E-state index in [1.807, 2.05) is 13.0 Å². The van der Waals surface area contributed by atoms with E-state index in [-0.39, 0.29) is 18.3 Å². The Labute approximate surface area is 105 Å². The summed E-state index contributed by atoms with van der Waals surface area (Å²) in [6.45, 7) is 13.6. The highest BCUT2D eigenvalue weighted by Gasteiger charge is 2.51. The standard InChI is InChI=1S/C13H22BNO2/c1-11(9-7-8-10-15-6)14-16-12(2,3)13(4,5)17-14/h8-10H,6-7H2,1-5H3/b10-8+,11-9+. The molecule has 0 bridgehead atoms. The number of hydrogen-bond acceptors (Lipinski definition) is 3. The fraction of sp³-hybridized carbons (Fsp3) is 0.615. The fourth-order valence-corrected chi connectivity index (χ4v) is 1.51. The molecule has 0 saturated carbocycles. The summed E-state index contributed by atoms with van der Waals surface area (Å²) in [4.78, 5) is 3.65. The van der Waals surface area contributed by atoms with Crippen LogP contribution in [0.15, 0.2) is 28.8 Å². The molecule has 1 rings (SSSR count). The SMILES string of the molecule is C=N/C=C/C/C=C(\C)B1OC(C)(C)C(C)(C)O1. The molecule has 0 amide bonds. The summed E-state index contributed by atoms with van der Waals surface area (Å²) in [7, 11) is -0.245. The molecule has 0 N–H and O–H groups in total. The van der Waals surface area contributed by atoms with Crippen molar-refractivity contribution in [2.45, 2.75) is 52.2 Å². The van der Waals surface area contributed by atoms with Gasteiger partial charge in [-0.05, 0) is 53.2 Å². The van der Waals surface area contributed by atoms with Crippen molar-refractivity contribution in [3.63, 3.8) is 0 Å². The van der Waals surface area contributed by atoms with Crippen molar-refractivity contribution in [1.82, 2.24) is 0 Å². The second-order valence-electron chi connectivity index (χ2n) is 5.34. The molecule has 4 heteroatoms. The van der Waals surface area contributed by atoms with Crippen LogP contribution in [0.5, 0.6) is 0 Å². The fourth-order valence-electron chi connectivity index (χ4n) is 1.51. The maximum Gasteiger partial charge on any atom is 0.489 e. The molecule has 3 nitrogen and oxygen atoms in total. The van der Waals surface area contributed by atoms with Crippen molar-refractivity contribution in [3.05, 3.63) is 23.8 Å². The zero-order valence-corrected chi connectivity index (χ0v) is 11.5. The van der Waals surface area contributed by atoms with E-state index in [0.29, 0.717) is 0 Å². The Morgan fingerprint density at radius 1 is 1.24 bits per heavy atom. The molecule has 0 spiro atoms. The maximum atomic E-state index is 5.93. The minimum atomic E-state index is -0.273. The van der Waals surface area contributed by atoms with Gasteiger partial charge in [-0.25, -0.2) is 0 Å². The third-order valence-electron chi connectivity index (χ3n) is 3.41. The lowest BCUT2D eigenvalue weighted by atomic mass is 9.79. The van der Waals surface area contributed by atoms with Crippen molar-refractivity contribution in [1.29, 1.82) is 0 Å². The van der Waals surface area contributed by atoms with E-state index in [1.54, 1.807) is 6.20 Å². The van der Waals surface area contributed by atoms with Crippen molar-refractivity contribution < 1.29 is 9.31 Å². The van der Waals surface area contributed by atoms with E-state index in [2.05, 4.69) is 45.5 Å². The van der Waals surface area contributed by atoms with E-state index < -0.39 is 0 Å². The monoisotopic (exact) mass is 235 g/mol. The van der Waals surface area contributed by atoms with Gasteiger partial charge in [0.1, 0.15) is 0 Å². The van der Waals surface area contributed by atoms with Crippen LogP contribution >= 0.6 is 0 Å². The summed E-state index contributed by atoms with van der Waals surface area (Å²) < 4.78 is 11.9. The molecular formula is C13H22BNO2. The van der Waals surface area contributed by atoms with Crippen LogP contribution in [0, 0.1) is 0 Å². The predicted molar refractivity (Wildman–Crippen MR) is 73.1 cm³/mol. The van der Waals surface area contributed by atoms with Crippen LogP contribution in [0.4, 0.5) is 0 Å². The molecule has 1 fully saturated rings. The Morgan fingerprint density at radius 2 is 1.76 bits per heavy atom. The maximum absolute atomic E-state index is 5.93. The number of aliphatic imine (C=N–C) groups is 1. The van der Waals surface area contributed by atoms with E-state index in [4.69, 9.17) is 9.31 Å². The minimum absolute atomic E-state index is 0.245. The van der Waals surface area contributed by atoms with Gasteiger partial charge in [-0.1, -0.05) is 12.2 Å². The zero-order chi connectivity index (χ0) is 13.1. The largest absolute Gasteiger partial charge is 0.489 e. The first-order chi connectivity index (χ1) is 7.80. The Hall–Kier alpha value is -0.865. The molecule has 0 radical (unpaired) electrons. The average Bonchev–Trinajstić information content (AvgIpc) is 2.43. The first-order valence-electron chi connectivity index (χ1n) is 5.93. The highest BCUT2D eigenvalue weighted by molar-refractivity contribution is 6.54. The zero-order valence-electron chi connectivity index (χ0n) is 11.5. The van der Waals surface area contributed by atoms with E-state index in [9.17, 15) is 0 Å². The quantitative estimate of drug-likeness (QED) is 0.553. The highest BCUT2D eigenvalue weighted by Crippen LogP contribution is 2.38. The summed E-state index contributed by atoms with van der Waals surface area (Å²) >= 11 is 0. The van der Waals surface area contributed by atoms with Crippen LogP contribution in [0.25, 0.3) is 0 Å². The van der Waals surface area contributed by atoms with Gasteiger partial charge in [0.15, 0.2) is 0 Å². The van der Waals surface area contributed by atoms with Gasteiger partial charge in [0.2, 0.25) is 0 Å². The smallest absolute Gasteiger partial charge is 0.400 e. The van der Waals surface area contributed by atoms with E-state index in [0.717, 1.165) is 11.9 Å². The molecule has 1 aliphatic rings. The second-order valence-corrected chi connectivity index (χ2v) is 5.34. The van der Waals surface area contributed by atoms with Crippen molar-refractivity contribution in [3.8, 4) is 0 Å². The van der Waals surface area contributed by atoms with Crippen LogP contribution in [0.3, 0.4) is 0 Å².